The van der Waals surface area contributed by atoms with Crippen LogP contribution in [0.4, 0.5) is 11.4 Å². The quantitative estimate of drug-likeness (QED) is 0.629. The summed E-state index contributed by atoms with van der Waals surface area (Å²) in [6.07, 6.45) is 1.70. The summed E-state index contributed by atoms with van der Waals surface area (Å²) in [5, 5.41) is 10.8. The Morgan fingerprint density at radius 3 is 2.61 bits per heavy atom. The highest BCUT2D eigenvalue weighted by Gasteiger charge is 2.17. The Morgan fingerprint density at radius 2 is 2.11 bits per heavy atom. The monoisotopic (exact) mass is 274 g/mol. The molecule has 0 radical (unpaired) electrons. The first-order valence-corrected chi connectivity index (χ1v) is 7.11. The second kappa shape index (κ2) is 5.67. The summed E-state index contributed by atoms with van der Waals surface area (Å²) in [5.74, 6) is 0.336. The van der Waals surface area contributed by atoms with Gasteiger partial charge >= 0.3 is 0 Å². The van der Waals surface area contributed by atoms with Crippen molar-refractivity contribution in [2.75, 3.05) is 17.6 Å². The second-order valence-corrected chi connectivity index (χ2v) is 5.41. The fourth-order valence-electron chi connectivity index (χ4n) is 1.26. The molecule has 0 spiro atoms. The number of ether oxygens (including phenoxy) is 1. The van der Waals surface area contributed by atoms with Gasteiger partial charge in [0, 0.05) is 0 Å². The van der Waals surface area contributed by atoms with Crippen molar-refractivity contribution in [1.29, 1.82) is 0 Å². The number of nitrogens with one attached hydrogen (secondary N) is 1. The summed E-state index contributed by atoms with van der Waals surface area (Å²) >= 11 is 0. The molecule has 0 saturated heterocycles. The molecule has 0 unspecified atom stereocenters. The van der Waals surface area contributed by atoms with Crippen LogP contribution in [0, 0.1) is 10.1 Å². The molecule has 0 atom stereocenters. The Balaban J connectivity index is 3.08. The van der Waals surface area contributed by atoms with Gasteiger partial charge < -0.3 is 4.74 Å². The predicted octanol–water partition coefficient (Wildman–Crippen LogP) is 1.76. The van der Waals surface area contributed by atoms with Gasteiger partial charge in [-0.15, -0.1) is 0 Å². The molecule has 0 saturated carbocycles. The van der Waals surface area contributed by atoms with Crippen LogP contribution in [0.5, 0.6) is 5.75 Å². The topological polar surface area (TPSA) is 98.5 Å². The number of sulfonamides is 1. The summed E-state index contributed by atoms with van der Waals surface area (Å²) in [6, 6.07) is 3.99. The minimum Gasteiger partial charge on any atom is -0.493 e. The summed E-state index contributed by atoms with van der Waals surface area (Å²) in [5.41, 5.74) is -0.416. The number of nitro benzene ring substituents is 1. The maximum absolute atomic E-state index is 11.1. The van der Waals surface area contributed by atoms with E-state index in [9.17, 15) is 18.5 Å². The van der Waals surface area contributed by atoms with Crippen molar-refractivity contribution in [1.82, 2.24) is 0 Å². The maximum atomic E-state index is 11.1. The third-order valence-corrected chi connectivity index (χ3v) is 2.52. The van der Waals surface area contributed by atoms with Crippen molar-refractivity contribution >= 4 is 21.4 Å². The van der Waals surface area contributed by atoms with Gasteiger partial charge in [-0.1, -0.05) is 6.92 Å². The lowest BCUT2D eigenvalue weighted by Gasteiger charge is -2.08. The Bertz CT molecular complexity index is 541. The van der Waals surface area contributed by atoms with Crippen molar-refractivity contribution in [3.05, 3.63) is 28.3 Å². The lowest BCUT2D eigenvalue weighted by molar-refractivity contribution is -0.384. The smallest absolute Gasteiger partial charge is 0.297 e. The van der Waals surface area contributed by atoms with Crippen LogP contribution in [0.15, 0.2) is 18.2 Å². The molecule has 8 heteroatoms. The van der Waals surface area contributed by atoms with Gasteiger partial charge in [0.2, 0.25) is 10.0 Å². The highest BCUT2D eigenvalue weighted by molar-refractivity contribution is 7.92. The third kappa shape index (κ3) is 4.21. The Labute approximate surface area is 105 Å². The fourth-order valence-corrected chi connectivity index (χ4v) is 1.83. The highest BCUT2D eigenvalue weighted by Crippen LogP contribution is 2.29. The average molecular weight is 274 g/mol. The van der Waals surface area contributed by atoms with E-state index < -0.39 is 14.9 Å². The van der Waals surface area contributed by atoms with E-state index in [1.54, 1.807) is 0 Å². The minimum absolute atomic E-state index is 0.0775. The number of hydrogen-bond acceptors (Lipinski definition) is 5. The number of rotatable bonds is 6. The molecule has 0 amide bonds. The SMILES string of the molecule is CCCOc1ccc(NS(C)(=O)=O)c([N+](=O)[O-])c1. The van der Waals surface area contributed by atoms with E-state index in [4.69, 9.17) is 4.74 Å². The van der Waals surface area contributed by atoms with Crippen molar-refractivity contribution in [2.45, 2.75) is 13.3 Å². The molecule has 0 aliphatic rings. The van der Waals surface area contributed by atoms with Crippen LogP contribution >= 0.6 is 0 Å². The first kappa shape index (κ1) is 14.2. The zero-order valence-corrected chi connectivity index (χ0v) is 10.9. The number of anilines is 1. The molecule has 0 fully saturated rings. The molecular weight excluding hydrogens is 260 g/mol. The molecule has 0 bridgehead atoms. The van der Waals surface area contributed by atoms with E-state index in [0.29, 0.717) is 12.4 Å². The highest BCUT2D eigenvalue weighted by atomic mass is 32.2. The maximum Gasteiger partial charge on any atom is 0.297 e. The van der Waals surface area contributed by atoms with E-state index in [1.165, 1.54) is 18.2 Å². The first-order valence-electron chi connectivity index (χ1n) is 5.22. The molecule has 1 aromatic rings. The van der Waals surface area contributed by atoms with Gasteiger partial charge in [-0.05, 0) is 18.6 Å². The number of nitrogens with zero attached hydrogens (tertiary/aromatic N) is 1. The van der Waals surface area contributed by atoms with Gasteiger partial charge in [0.15, 0.2) is 0 Å². The zero-order chi connectivity index (χ0) is 13.8. The Kier molecular flexibility index (Phi) is 4.49. The van der Waals surface area contributed by atoms with Crippen molar-refractivity contribution in [3.8, 4) is 5.75 Å². The summed E-state index contributed by atoms with van der Waals surface area (Å²) in [6.45, 7) is 2.35. The molecule has 0 heterocycles. The largest absolute Gasteiger partial charge is 0.493 e. The molecule has 1 aromatic carbocycles. The zero-order valence-electron chi connectivity index (χ0n) is 10.0. The first-order chi connectivity index (χ1) is 8.33. The van der Waals surface area contributed by atoms with E-state index in [1.807, 2.05) is 6.92 Å². The van der Waals surface area contributed by atoms with Crippen LogP contribution in [0.25, 0.3) is 0 Å². The molecule has 1 N–H and O–H groups in total. The van der Waals surface area contributed by atoms with Gasteiger partial charge in [-0.2, -0.15) is 0 Å². The van der Waals surface area contributed by atoms with Gasteiger partial charge in [0.1, 0.15) is 11.4 Å². The number of hydrogen-bond donors (Lipinski definition) is 1. The fraction of sp³-hybridized carbons (Fsp3) is 0.400. The van der Waals surface area contributed by atoms with Crippen molar-refractivity contribution in [3.63, 3.8) is 0 Å². The van der Waals surface area contributed by atoms with Crippen LogP contribution in [0.2, 0.25) is 0 Å². The van der Waals surface area contributed by atoms with Crippen molar-refractivity contribution < 1.29 is 18.1 Å². The van der Waals surface area contributed by atoms with E-state index in [-0.39, 0.29) is 11.4 Å². The second-order valence-electron chi connectivity index (χ2n) is 3.66. The van der Waals surface area contributed by atoms with E-state index in [0.717, 1.165) is 12.7 Å². The lowest BCUT2D eigenvalue weighted by Crippen LogP contribution is -2.11. The number of nitro groups is 1. The predicted molar refractivity (Wildman–Crippen MR) is 67.3 cm³/mol. The standard InChI is InChI=1S/C10H14N2O5S/c1-3-6-17-8-4-5-9(11-18(2,15)16)10(7-8)12(13)14/h4-5,7,11H,3,6H2,1-2H3. The van der Waals surface area contributed by atoms with Gasteiger partial charge in [0.25, 0.3) is 5.69 Å². The Hall–Kier alpha value is -1.83. The van der Waals surface area contributed by atoms with Crippen LogP contribution < -0.4 is 9.46 Å². The average Bonchev–Trinajstić information content (AvgIpc) is 2.25. The van der Waals surface area contributed by atoms with Crippen LogP contribution in [-0.2, 0) is 10.0 Å². The summed E-state index contributed by atoms with van der Waals surface area (Å²) < 4.78 is 29.5. The minimum atomic E-state index is -3.56. The van der Waals surface area contributed by atoms with E-state index in [2.05, 4.69) is 4.72 Å². The van der Waals surface area contributed by atoms with E-state index >= 15 is 0 Å². The lowest BCUT2D eigenvalue weighted by atomic mass is 10.2. The molecule has 0 aliphatic carbocycles. The normalized spacial score (nSPS) is 11.0. The molecule has 1 rings (SSSR count). The van der Waals surface area contributed by atoms with Crippen molar-refractivity contribution in [2.24, 2.45) is 0 Å². The van der Waals surface area contributed by atoms with Crippen LogP contribution in [0.3, 0.4) is 0 Å². The van der Waals surface area contributed by atoms with Gasteiger partial charge in [-0.25, -0.2) is 8.42 Å². The molecule has 7 nitrogen and oxygen atoms in total. The molecular formula is C10H14N2O5S. The van der Waals surface area contributed by atoms with Crippen LogP contribution in [-0.4, -0.2) is 26.2 Å². The van der Waals surface area contributed by atoms with Crippen LogP contribution in [0.1, 0.15) is 13.3 Å². The third-order valence-electron chi connectivity index (χ3n) is 1.93. The number of benzene rings is 1. The molecule has 18 heavy (non-hydrogen) atoms. The molecule has 0 aliphatic heterocycles. The molecule has 0 aromatic heterocycles. The van der Waals surface area contributed by atoms with Gasteiger partial charge in [0.05, 0.1) is 23.9 Å². The summed E-state index contributed by atoms with van der Waals surface area (Å²) in [4.78, 5) is 10.2. The summed E-state index contributed by atoms with van der Waals surface area (Å²) in [7, 11) is -3.56. The van der Waals surface area contributed by atoms with Gasteiger partial charge in [-0.3, -0.25) is 14.8 Å². The Morgan fingerprint density at radius 1 is 1.44 bits per heavy atom. The molecule has 100 valence electrons.